The number of nitrogens with zero attached hydrogens (tertiary/aromatic N) is 3. The first-order valence-corrected chi connectivity index (χ1v) is 9.23. The zero-order valence-electron chi connectivity index (χ0n) is 14.4. The summed E-state index contributed by atoms with van der Waals surface area (Å²) in [5.41, 5.74) is 0.217. The number of hydrogen-bond donors (Lipinski definition) is 1. The standard InChI is InChI=1S/C16H26N4O2S/c1-5-7-8-9-10-20-12-13(17-16(20)23-11(3)6-2)19(4)15(22)18-14(12)21/h11H,5-10H2,1-4H3,(H,18,21,22)/t11-/m0/s1. The molecule has 0 bridgehead atoms. The molecular formula is C16H26N4O2S. The van der Waals surface area contributed by atoms with Gasteiger partial charge in [-0.15, -0.1) is 0 Å². The molecule has 1 N–H and O–H groups in total. The number of aryl methyl sites for hydroxylation is 2. The molecule has 0 saturated carbocycles. The van der Waals surface area contributed by atoms with Gasteiger partial charge in [-0.05, 0) is 12.8 Å². The number of rotatable bonds is 8. The summed E-state index contributed by atoms with van der Waals surface area (Å²) in [4.78, 5) is 31.1. The van der Waals surface area contributed by atoms with Gasteiger partial charge in [0.2, 0.25) is 0 Å². The molecule has 7 heteroatoms. The minimum atomic E-state index is -0.418. The quantitative estimate of drug-likeness (QED) is 0.593. The van der Waals surface area contributed by atoms with Crippen molar-refractivity contribution in [2.24, 2.45) is 7.05 Å². The summed E-state index contributed by atoms with van der Waals surface area (Å²) in [6.45, 7) is 7.22. The van der Waals surface area contributed by atoms with Gasteiger partial charge < -0.3 is 4.57 Å². The summed E-state index contributed by atoms with van der Waals surface area (Å²) < 4.78 is 3.40. The van der Waals surface area contributed by atoms with Crippen molar-refractivity contribution in [1.82, 2.24) is 19.1 Å². The highest BCUT2D eigenvalue weighted by Gasteiger charge is 2.18. The molecule has 0 aliphatic rings. The number of H-pyrrole nitrogens is 1. The zero-order valence-corrected chi connectivity index (χ0v) is 15.2. The van der Waals surface area contributed by atoms with Crippen LogP contribution in [0.2, 0.25) is 0 Å². The van der Waals surface area contributed by atoms with Crippen LogP contribution < -0.4 is 11.2 Å². The summed E-state index contributed by atoms with van der Waals surface area (Å²) in [6.07, 6.45) is 5.53. The maximum atomic E-state index is 12.3. The minimum Gasteiger partial charge on any atom is -0.313 e. The molecule has 0 aliphatic carbocycles. The third kappa shape index (κ3) is 3.88. The van der Waals surface area contributed by atoms with E-state index in [4.69, 9.17) is 0 Å². The van der Waals surface area contributed by atoms with Crippen LogP contribution in [0, 0.1) is 0 Å². The van der Waals surface area contributed by atoms with Crippen LogP contribution in [0.25, 0.3) is 11.2 Å². The molecule has 2 aromatic heterocycles. The van der Waals surface area contributed by atoms with Crippen LogP contribution in [0.4, 0.5) is 0 Å². The molecule has 1 atom stereocenters. The van der Waals surface area contributed by atoms with E-state index in [0.717, 1.165) is 31.0 Å². The average Bonchev–Trinajstić information content (AvgIpc) is 2.88. The summed E-state index contributed by atoms with van der Waals surface area (Å²) in [6, 6.07) is 0. The molecule has 0 radical (unpaired) electrons. The van der Waals surface area contributed by atoms with Crippen LogP contribution in [0.15, 0.2) is 14.7 Å². The average molecular weight is 338 g/mol. The lowest BCUT2D eigenvalue weighted by Gasteiger charge is -2.11. The fraction of sp³-hybridized carbons (Fsp3) is 0.688. The number of nitrogens with one attached hydrogen (secondary N) is 1. The number of imidazole rings is 1. The van der Waals surface area contributed by atoms with Gasteiger partial charge in [-0.1, -0.05) is 51.8 Å². The van der Waals surface area contributed by atoms with Crippen molar-refractivity contribution >= 4 is 22.9 Å². The number of unbranched alkanes of at least 4 members (excludes halogenated alkanes) is 3. The third-order valence-electron chi connectivity index (χ3n) is 4.09. The lowest BCUT2D eigenvalue weighted by Crippen LogP contribution is -2.29. The molecular weight excluding hydrogens is 312 g/mol. The first kappa shape index (κ1) is 17.8. The van der Waals surface area contributed by atoms with Gasteiger partial charge in [-0.25, -0.2) is 9.78 Å². The van der Waals surface area contributed by atoms with E-state index in [0.29, 0.717) is 16.4 Å². The smallest absolute Gasteiger partial charge is 0.313 e. The number of fused-ring (bicyclic) bond motifs is 1. The van der Waals surface area contributed by atoms with E-state index in [1.807, 2.05) is 4.57 Å². The van der Waals surface area contributed by atoms with Gasteiger partial charge in [0, 0.05) is 18.8 Å². The normalized spacial score (nSPS) is 12.9. The Morgan fingerprint density at radius 2 is 1.96 bits per heavy atom. The maximum absolute atomic E-state index is 12.3. The van der Waals surface area contributed by atoms with Crippen LogP contribution in [-0.4, -0.2) is 24.4 Å². The molecule has 0 saturated heterocycles. The lowest BCUT2D eigenvalue weighted by atomic mass is 10.2. The van der Waals surface area contributed by atoms with Crippen LogP contribution in [0.5, 0.6) is 0 Å². The highest BCUT2D eigenvalue weighted by Crippen LogP contribution is 2.27. The Kier molecular flexibility index (Phi) is 6.10. The Morgan fingerprint density at radius 3 is 2.61 bits per heavy atom. The second kappa shape index (κ2) is 7.86. The van der Waals surface area contributed by atoms with Gasteiger partial charge in [-0.2, -0.15) is 0 Å². The molecule has 2 heterocycles. The number of aromatic amines is 1. The van der Waals surface area contributed by atoms with Crippen LogP contribution >= 0.6 is 11.8 Å². The van der Waals surface area contributed by atoms with E-state index in [1.165, 1.54) is 17.4 Å². The Bertz CT molecular complexity index is 775. The first-order valence-electron chi connectivity index (χ1n) is 8.35. The Balaban J connectivity index is 2.49. The molecule has 0 aromatic carbocycles. The van der Waals surface area contributed by atoms with E-state index in [1.54, 1.807) is 18.8 Å². The molecule has 128 valence electrons. The summed E-state index contributed by atoms with van der Waals surface area (Å²) in [5, 5.41) is 1.25. The second-order valence-corrected chi connectivity index (χ2v) is 7.34. The van der Waals surface area contributed by atoms with Crippen LogP contribution in [0.1, 0.15) is 52.9 Å². The monoisotopic (exact) mass is 338 g/mol. The lowest BCUT2D eigenvalue weighted by molar-refractivity contribution is 0.562. The van der Waals surface area contributed by atoms with Gasteiger partial charge in [0.05, 0.1) is 0 Å². The molecule has 0 amide bonds. The van der Waals surface area contributed by atoms with Crippen molar-refractivity contribution in [3.05, 3.63) is 20.8 Å². The molecule has 6 nitrogen and oxygen atoms in total. The third-order valence-corrected chi connectivity index (χ3v) is 5.35. The van der Waals surface area contributed by atoms with E-state index in [-0.39, 0.29) is 5.56 Å². The van der Waals surface area contributed by atoms with Gasteiger partial charge in [0.1, 0.15) is 0 Å². The van der Waals surface area contributed by atoms with E-state index in [9.17, 15) is 9.59 Å². The number of hydrogen-bond acceptors (Lipinski definition) is 4. The van der Waals surface area contributed by atoms with Gasteiger partial charge in [0.25, 0.3) is 5.56 Å². The predicted octanol–water partition coefficient (Wildman–Crippen LogP) is 2.89. The highest BCUT2D eigenvalue weighted by atomic mass is 32.2. The summed E-state index contributed by atoms with van der Waals surface area (Å²) in [5.74, 6) is 0. The fourth-order valence-corrected chi connectivity index (χ4v) is 3.45. The Labute approximate surface area is 140 Å². The SMILES string of the molecule is CCCCCCn1c(S[C@@H](C)CC)nc2c1c(=O)[nH]c(=O)n2C. The molecule has 0 fully saturated rings. The largest absolute Gasteiger partial charge is 0.329 e. The van der Waals surface area contributed by atoms with Gasteiger partial charge in [0.15, 0.2) is 16.3 Å². The summed E-state index contributed by atoms with van der Waals surface area (Å²) in [7, 11) is 1.65. The maximum Gasteiger partial charge on any atom is 0.329 e. The van der Waals surface area contributed by atoms with Crippen LogP contribution in [-0.2, 0) is 13.6 Å². The topological polar surface area (TPSA) is 72.7 Å². The molecule has 2 aromatic rings. The van der Waals surface area contributed by atoms with Crippen molar-refractivity contribution in [2.75, 3.05) is 0 Å². The molecule has 0 unspecified atom stereocenters. The van der Waals surface area contributed by atoms with Gasteiger partial charge >= 0.3 is 5.69 Å². The van der Waals surface area contributed by atoms with E-state index >= 15 is 0 Å². The second-order valence-electron chi connectivity index (χ2n) is 5.93. The van der Waals surface area contributed by atoms with Crippen molar-refractivity contribution < 1.29 is 0 Å². The predicted molar refractivity (Wildman–Crippen MR) is 95.3 cm³/mol. The zero-order chi connectivity index (χ0) is 17.0. The van der Waals surface area contributed by atoms with E-state index in [2.05, 4.69) is 30.7 Å². The highest BCUT2D eigenvalue weighted by molar-refractivity contribution is 7.99. The van der Waals surface area contributed by atoms with Crippen molar-refractivity contribution in [3.63, 3.8) is 0 Å². The van der Waals surface area contributed by atoms with Gasteiger partial charge in [-0.3, -0.25) is 14.3 Å². The Hall–Kier alpha value is -1.50. The molecule has 0 aliphatic heterocycles. The van der Waals surface area contributed by atoms with Crippen molar-refractivity contribution in [2.45, 2.75) is 69.8 Å². The van der Waals surface area contributed by atoms with Crippen molar-refractivity contribution in [1.29, 1.82) is 0 Å². The minimum absolute atomic E-state index is 0.345. The van der Waals surface area contributed by atoms with Crippen molar-refractivity contribution in [3.8, 4) is 0 Å². The van der Waals surface area contributed by atoms with E-state index < -0.39 is 5.69 Å². The first-order chi connectivity index (χ1) is 11.0. The molecule has 23 heavy (non-hydrogen) atoms. The Morgan fingerprint density at radius 1 is 1.22 bits per heavy atom. The van der Waals surface area contributed by atoms with Crippen LogP contribution in [0.3, 0.4) is 0 Å². The fourth-order valence-electron chi connectivity index (χ4n) is 2.47. The number of aromatic nitrogens is 4. The summed E-state index contributed by atoms with van der Waals surface area (Å²) >= 11 is 1.67. The molecule has 0 spiro atoms. The number of thioether (sulfide) groups is 1. The molecule has 2 rings (SSSR count).